The predicted octanol–water partition coefficient (Wildman–Crippen LogP) is 5.01. The van der Waals surface area contributed by atoms with Gasteiger partial charge in [0.25, 0.3) is 0 Å². The Kier molecular flexibility index (Phi) is 6.33. The topological polar surface area (TPSA) is 74.4 Å². The van der Waals surface area contributed by atoms with Gasteiger partial charge in [-0.1, -0.05) is 48.5 Å². The number of hydrogen-bond donors (Lipinski definition) is 2. The fourth-order valence-electron chi connectivity index (χ4n) is 4.24. The Morgan fingerprint density at radius 3 is 2.38 bits per heavy atom. The number of H-pyrrole nitrogens is 1. The maximum Gasteiger partial charge on any atom is 0.407 e. The number of aromatic nitrogens is 1. The maximum absolute atomic E-state index is 13.4. The van der Waals surface area contributed by atoms with E-state index in [9.17, 15) is 9.59 Å². The zero-order valence-electron chi connectivity index (χ0n) is 19.0. The number of likely N-dealkylation sites (tertiary alicyclic amines) is 1. The van der Waals surface area contributed by atoms with E-state index in [2.05, 4.69) is 15.2 Å². The minimum atomic E-state index is -0.507. The van der Waals surface area contributed by atoms with Crippen LogP contribution < -0.4 is 5.32 Å². The van der Waals surface area contributed by atoms with Crippen LogP contribution in [0.5, 0.6) is 0 Å². The first-order valence-corrected chi connectivity index (χ1v) is 11.2. The zero-order valence-corrected chi connectivity index (χ0v) is 19.0. The molecule has 0 bridgehead atoms. The number of ketones is 1. The smallest absolute Gasteiger partial charge is 0.407 e. The molecule has 4 rings (SSSR count). The molecule has 3 aromatic rings. The molecule has 0 aliphatic carbocycles. The summed E-state index contributed by atoms with van der Waals surface area (Å²) in [4.78, 5) is 31.1. The third kappa shape index (κ3) is 5.19. The molecule has 2 aromatic carbocycles. The first-order chi connectivity index (χ1) is 15.3. The number of ether oxygens (including phenoxy) is 1. The van der Waals surface area contributed by atoms with Crippen molar-refractivity contribution in [1.82, 2.24) is 15.2 Å². The number of carbonyl (C=O) groups excluding carboxylic acids is 2. The first-order valence-electron chi connectivity index (χ1n) is 11.2. The highest BCUT2D eigenvalue weighted by molar-refractivity contribution is 6.14. The van der Waals surface area contributed by atoms with Crippen LogP contribution in [-0.2, 0) is 4.74 Å². The summed E-state index contributed by atoms with van der Waals surface area (Å²) in [5.41, 5.74) is 3.09. The van der Waals surface area contributed by atoms with E-state index in [0.717, 1.165) is 53.7 Å². The van der Waals surface area contributed by atoms with Gasteiger partial charge in [-0.25, -0.2) is 4.79 Å². The monoisotopic (exact) mass is 433 g/mol. The highest BCUT2D eigenvalue weighted by Crippen LogP contribution is 2.31. The normalized spacial score (nSPS) is 15.6. The summed E-state index contributed by atoms with van der Waals surface area (Å²) in [7, 11) is 0. The predicted molar refractivity (Wildman–Crippen MR) is 127 cm³/mol. The summed E-state index contributed by atoms with van der Waals surface area (Å²) in [5.74, 6) is 0.111. The molecule has 1 aromatic heterocycles. The lowest BCUT2D eigenvalue weighted by Gasteiger charge is -2.32. The molecule has 6 nitrogen and oxygen atoms in total. The van der Waals surface area contributed by atoms with Crippen LogP contribution in [0.3, 0.4) is 0 Å². The number of para-hydroxylation sites is 1. The number of alkyl carbamates (subject to hydrolysis) is 1. The lowest BCUT2D eigenvalue weighted by molar-refractivity contribution is 0.0476. The largest absolute Gasteiger partial charge is 0.444 e. The van der Waals surface area contributed by atoms with E-state index >= 15 is 0 Å². The van der Waals surface area contributed by atoms with Crippen LogP contribution in [-0.4, -0.2) is 53.0 Å². The molecule has 1 fully saturated rings. The van der Waals surface area contributed by atoms with Gasteiger partial charge in [-0.15, -0.1) is 0 Å². The highest BCUT2D eigenvalue weighted by atomic mass is 16.6. The van der Waals surface area contributed by atoms with E-state index in [1.807, 2.05) is 75.4 Å². The van der Waals surface area contributed by atoms with Crippen molar-refractivity contribution in [3.8, 4) is 11.3 Å². The van der Waals surface area contributed by atoms with Gasteiger partial charge in [-0.05, 0) is 45.2 Å². The highest BCUT2D eigenvalue weighted by Gasteiger charge is 2.26. The summed E-state index contributed by atoms with van der Waals surface area (Å²) in [5, 5.41) is 3.91. The summed E-state index contributed by atoms with van der Waals surface area (Å²) < 4.78 is 5.36. The molecule has 0 spiro atoms. The van der Waals surface area contributed by atoms with E-state index in [4.69, 9.17) is 4.74 Å². The third-order valence-electron chi connectivity index (χ3n) is 5.72. The van der Waals surface area contributed by atoms with Crippen LogP contribution in [0.4, 0.5) is 4.79 Å². The molecule has 0 atom stereocenters. The molecule has 6 heteroatoms. The lowest BCUT2D eigenvalue weighted by atomic mass is 10.00. The summed E-state index contributed by atoms with van der Waals surface area (Å²) in [6, 6.07) is 18.0. The minimum absolute atomic E-state index is 0.0733. The third-order valence-corrected chi connectivity index (χ3v) is 5.72. The average molecular weight is 434 g/mol. The number of nitrogens with zero attached hydrogens (tertiary/aromatic N) is 1. The van der Waals surface area contributed by atoms with Gasteiger partial charge in [0.1, 0.15) is 5.60 Å². The number of piperidine rings is 1. The van der Waals surface area contributed by atoms with Crippen molar-refractivity contribution in [2.75, 3.05) is 19.6 Å². The molecule has 1 amide bonds. The molecule has 1 aliphatic heterocycles. The number of aromatic amines is 1. The van der Waals surface area contributed by atoms with Crippen LogP contribution in [0.15, 0.2) is 54.6 Å². The average Bonchev–Trinajstić information content (AvgIpc) is 3.14. The lowest BCUT2D eigenvalue weighted by Crippen LogP contribution is -2.47. The van der Waals surface area contributed by atoms with Gasteiger partial charge in [0, 0.05) is 30.0 Å². The number of Topliss-reactive ketones (excluding diaryl/α,β-unsaturated/α-hetero) is 1. The Morgan fingerprint density at radius 1 is 1.03 bits per heavy atom. The van der Waals surface area contributed by atoms with Crippen molar-refractivity contribution in [2.45, 2.75) is 45.3 Å². The molecule has 32 heavy (non-hydrogen) atoms. The maximum atomic E-state index is 13.4. The number of nitrogens with one attached hydrogen (secondary N) is 2. The van der Waals surface area contributed by atoms with Gasteiger partial charge < -0.3 is 15.0 Å². The molecular formula is C26H31N3O3. The van der Waals surface area contributed by atoms with Crippen molar-refractivity contribution in [2.24, 2.45) is 0 Å². The standard InChI is InChI=1S/C26H31N3O3/c1-26(2,3)32-25(31)27-19-13-15-29(16-14-19)17-22(30)23-20-11-7-8-12-21(20)28-24(23)18-9-5-4-6-10-18/h4-12,19,28H,13-17H2,1-3H3,(H,27,31). The van der Waals surface area contributed by atoms with Gasteiger partial charge in [-0.2, -0.15) is 0 Å². The van der Waals surface area contributed by atoms with E-state index in [0.29, 0.717) is 6.54 Å². The summed E-state index contributed by atoms with van der Waals surface area (Å²) in [6.07, 6.45) is 1.22. The number of fused-ring (bicyclic) bond motifs is 1. The van der Waals surface area contributed by atoms with Crippen molar-refractivity contribution >= 4 is 22.8 Å². The molecule has 0 radical (unpaired) electrons. The number of amides is 1. The van der Waals surface area contributed by atoms with Crippen LogP contribution in [0.2, 0.25) is 0 Å². The molecule has 0 saturated carbocycles. The van der Waals surface area contributed by atoms with Gasteiger partial charge >= 0.3 is 6.09 Å². The molecule has 2 heterocycles. The molecule has 0 unspecified atom stereocenters. The minimum Gasteiger partial charge on any atom is -0.444 e. The second-order valence-electron chi connectivity index (χ2n) is 9.41. The molecule has 2 N–H and O–H groups in total. The molecule has 168 valence electrons. The molecule has 1 aliphatic rings. The fourth-order valence-corrected chi connectivity index (χ4v) is 4.24. The number of hydrogen-bond acceptors (Lipinski definition) is 4. The summed E-state index contributed by atoms with van der Waals surface area (Å²) >= 11 is 0. The Labute approximate surface area is 188 Å². The van der Waals surface area contributed by atoms with Gasteiger partial charge in [0.2, 0.25) is 0 Å². The molecule has 1 saturated heterocycles. The van der Waals surface area contributed by atoms with Crippen molar-refractivity contribution < 1.29 is 14.3 Å². The van der Waals surface area contributed by atoms with E-state index in [-0.39, 0.29) is 17.9 Å². The summed E-state index contributed by atoms with van der Waals surface area (Å²) in [6.45, 7) is 7.45. The van der Waals surface area contributed by atoms with E-state index in [1.165, 1.54) is 0 Å². The Hall–Kier alpha value is -3.12. The number of rotatable bonds is 5. The number of carbonyl (C=O) groups is 2. The van der Waals surface area contributed by atoms with E-state index in [1.54, 1.807) is 0 Å². The van der Waals surface area contributed by atoms with Gasteiger partial charge in [0.05, 0.1) is 17.8 Å². The second-order valence-corrected chi connectivity index (χ2v) is 9.41. The Bertz CT molecular complexity index is 1090. The van der Waals surface area contributed by atoms with Gasteiger partial charge in [-0.3, -0.25) is 9.69 Å². The Morgan fingerprint density at radius 2 is 1.69 bits per heavy atom. The van der Waals surface area contributed by atoms with Crippen LogP contribution >= 0.6 is 0 Å². The van der Waals surface area contributed by atoms with Crippen molar-refractivity contribution in [3.05, 3.63) is 60.2 Å². The van der Waals surface area contributed by atoms with E-state index < -0.39 is 5.60 Å². The quantitative estimate of drug-likeness (QED) is 0.555. The Balaban J connectivity index is 1.44. The van der Waals surface area contributed by atoms with Gasteiger partial charge in [0.15, 0.2) is 5.78 Å². The second kappa shape index (κ2) is 9.17. The number of benzene rings is 2. The van der Waals surface area contributed by atoms with Crippen LogP contribution in [0.25, 0.3) is 22.2 Å². The molecular weight excluding hydrogens is 402 g/mol. The van der Waals surface area contributed by atoms with Crippen molar-refractivity contribution in [3.63, 3.8) is 0 Å². The van der Waals surface area contributed by atoms with Crippen molar-refractivity contribution in [1.29, 1.82) is 0 Å². The van der Waals surface area contributed by atoms with Crippen LogP contribution in [0, 0.1) is 0 Å². The SMILES string of the molecule is CC(C)(C)OC(=O)NC1CCN(CC(=O)c2c(-c3ccccc3)[nH]c3ccccc23)CC1. The van der Waals surface area contributed by atoms with Crippen LogP contribution in [0.1, 0.15) is 44.0 Å². The fraction of sp³-hybridized carbons (Fsp3) is 0.385. The zero-order chi connectivity index (χ0) is 22.7. The first kappa shape index (κ1) is 22.1.